The Bertz CT molecular complexity index is 782. The number of Topliss-reactive ketones (excluding diaryl/α,β-unsaturated/α-hetero) is 1. The average molecular weight is 364 g/mol. The lowest BCUT2D eigenvalue weighted by atomic mass is 10.1. The summed E-state index contributed by atoms with van der Waals surface area (Å²) in [5.74, 6) is -0.809. The molecule has 5 nitrogen and oxygen atoms in total. The molecule has 0 spiro atoms. The van der Waals surface area contributed by atoms with Gasteiger partial charge in [0.1, 0.15) is 0 Å². The van der Waals surface area contributed by atoms with E-state index in [4.69, 9.17) is 21.1 Å². The van der Waals surface area contributed by atoms with Gasteiger partial charge in [0, 0.05) is 29.1 Å². The van der Waals surface area contributed by atoms with Crippen molar-refractivity contribution in [2.75, 3.05) is 20.3 Å². The third-order valence-electron chi connectivity index (χ3n) is 4.03. The summed E-state index contributed by atoms with van der Waals surface area (Å²) < 4.78 is 12.4. The summed E-state index contributed by atoms with van der Waals surface area (Å²) in [6, 6.07) is 8.35. The smallest absolute Gasteiger partial charge is 0.338 e. The Kier molecular flexibility index (Phi) is 6.39. The van der Waals surface area contributed by atoms with Gasteiger partial charge in [-0.2, -0.15) is 0 Å². The van der Waals surface area contributed by atoms with Crippen LogP contribution in [0.2, 0.25) is 5.02 Å². The molecule has 2 aromatic rings. The number of benzene rings is 1. The van der Waals surface area contributed by atoms with Crippen LogP contribution in [0.3, 0.4) is 0 Å². The molecule has 6 heteroatoms. The number of halogens is 1. The Hall–Kier alpha value is -2.11. The van der Waals surface area contributed by atoms with Crippen molar-refractivity contribution in [1.82, 2.24) is 4.57 Å². The maximum absolute atomic E-state index is 12.5. The van der Waals surface area contributed by atoms with E-state index < -0.39 is 5.97 Å². The molecule has 0 saturated heterocycles. The van der Waals surface area contributed by atoms with Crippen molar-refractivity contribution >= 4 is 23.4 Å². The van der Waals surface area contributed by atoms with Gasteiger partial charge in [-0.15, -0.1) is 0 Å². The highest BCUT2D eigenvalue weighted by atomic mass is 35.5. The Labute approximate surface area is 152 Å². The fraction of sp³-hybridized carbons (Fsp3) is 0.368. The van der Waals surface area contributed by atoms with Gasteiger partial charge in [-0.05, 0) is 45.0 Å². The van der Waals surface area contributed by atoms with Crippen molar-refractivity contribution in [2.45, 2.75) is 26.8 Å². The third-order valence-corrected chi connectivity index (χ3v) is 4.26. The van der Waals surface area contributed by atoms with Crippen LogP contribution in [0.5, 0.6) is 0 Å². The first-order chi connectivity index (χ1) is 11.8. The van der Waals surface area contributed by atoms with E-state index in [1.165, 1.54) is 6.07 Å². The number of ether oxygens (including phenoxy) is 2. The minimum absolute atomic E-state index is 0.112. The summed E-state index contributed by atoms with van der Waals surface area (Å²) in [4.78, 5) is 24.5. The second kappa shape index (κ2) is 8.32. The molecule has 2 rings (SSSR count). The summed E-state index contributed by atoms with van der Waals surface area (Å²) >= 11 is 5.86. The molecular formula is C19H22ClNO4. The molecule has 0 amide bonds. The van der Waals surface area contributed by atoms with Gasteiger partial charge in [0.2, 0.25) is 5.78 Å². The van der Waals surface area contributed by atoms with E-state index in [0.29, 0.717) is 22.8 Å². The van der Waals surface area contributed by atoms with Crippen LogP contribution >= 0.6 is 11.6 Å². The first-order valence-corrected chi connectivity index (χ1v) is 8.36. The number of esters is 1. The van der Waals surface area contributed by atoms with Gasteiger partial charge < -0.3 is 14.0 Å². The van der Waals surface area contributed by atoms with Gasteiger partial charge >= 0.3 is 5.97 Å². The normalized spacial score (nSPS) is 12.0. The molecule has 0 bridgehead atoms. The van der Waals surface area contributed by atoms with E-state index in [9.17, 15) is 9.59 Å². The third kappa shape index (κ3) is 4.50. The SMILES string of the molecule is COCC(C)n1c(C)cc(C(=O)COC(=O)c2cccc(Cl)c2)c1C. The maximum Gasteiger partial charge on any atom is 0.338 e. The number of ketones is 1. The van der Waals surface area contributed by atoms with Crippen molar-refractivity contribution in [2.24, 2.45) is 0 Å². The monoisotopic (exact) mass is 363 g/mol. The molecule has 0 aliphatic rings. The molecule has 0 fully saturated rings. The molecule has 0 saturated carbocycles. The quantitative estimate of drug-likeness (QED) is 0.551. The van der Waals surface area contributed by atoms with E-state index >= 15 is 0 Å². The molecule has 1 atom stereocenters. The zero-order valence-electron chi connectivity index (χ0n) is 14.8. The van der Waals surface area contributed by atoms with Gasteiger partial charge in [-0.25, -0.2) is 4.79 Å². The van der Waals surface area contributed by atoms with E-state index in [1.54, 1.807) is 25.3 Å². The molecule has 0 aliphatic heterocycles. The first-order valence-electron chi connectivity index (χ1n) is 7.98. The summed E-state index contributed by atoms with van der Waals surface area (Å²) in [6.45, 7) is 6.08. The van der Waals surface area contributed by atoms with Gasteiger partial charge in [-0.1, -0.05) is 17.7 Å². The number of rotatable bonds is 7. The fourth-order valence-electron chi connectivity index (χ4n) is 2.96. The number of aryl methyl sites for hydroxylation is 1. The van der Waals surface area contributed by atoms with Gasteiger partial charge in [0.25, 0.3) is 0 Å². The number of aromatic nitrogens is 1. The van der Waals surface area contributed by atoms with Crippen molar-refractivity contribution in [3.63, 3.8) is 0 Å². The standard InChI is InChI=1S/C19H22ClNO4/c1-12-8-17(14(3)21(12)13(2)10-24-4)18(22)11-25-19(23)15-6-5-7-16(20)9-15/h5-9,13H,10-11H2,1-4H3. The molecule has 1 unspecified atom stereocenters. The largest absolute Gasteiger partial charge is 0.454 e. The van der Waals surface area contributed by atoms with E-state index in [0.717, 1.165) is 11.4 Å². The highest BCUT2D eigenvalue weighted by molar-refractivity contribution is 6.30. The minimum Gasteiger partial charge on any atom is -0.454 e. The van der Waals surface area contributed by atoms with Crippen molar-refractivity contribution < 1.29 is 19.1 Å². The number of hydrogen-bond acceptors (Lipinski definition) is 4. The summed E-state index contributed by atoms with van der Waals surface area (Å²) in [6.07, 6.45) is 0. The maximum atomic E-state index is 12.5. The number of methoxy groups -OCH3 is 1. The van der Waals surface area contributed by atoms with Gasteiger partial charge in [0.05, 0.1) is 18.2 Å². The lowest BCUT2D eigenvalue weighted by Gasteiger charge is -2.17. The predicted octanol–water partition coefficient (Wildman–Crippen LogP) is 4.01. The number of carbonyl (C=O) groups excluding carboxylic acids is 2. The molecule has 0 radical (unpaired) electrons. The average Bonchev–Trinajstić information content (AvgIpc) is 2.87. The lowest BCUT2D eigenvalue weighted by Crippen LogP contribution is -2.17. The number of nitrogens with zero attached hydrogens (tertiary/aromatic N) is 1. The van der Waals surface area contributed by atoms with Crippen LogP contribution < -0.4 is 0 Å². The number of hydrogen-bond donors (Lipinski definition) is 0. The Morgan fingerprint density at radius 2 is 1.96 bits per heavy atom. The molecule has 0 aliphatic carbocycles. The molecule has 1 aromatic carbocycles. The Morgan fingerprint density at radius 3 is 2.60 bits per heavy atom. The topological polar surface area (TPSA) is 57.5 Å². The molecule has 25 heavy (non-hydrogen) atoms. The highest BCUT2D eigenvalue weighted by Gasteiger charge is 2.20. The zero-order valence-corrected chi connectivity index (χ0v) is 15.6. The highest BCUT2D eigenvalue weighted by Crippen LogP contribution is 2.21. The Balaban J connectivity index is 2.09. The van der Waals surface area contributed by atoms with Gasteiger partial charge in [-0.3, -0.25) is 4.79 Å². The molecule has 1 heterocycles. The van der Waals surface area contributed by atoms with Crippen LogP contribution in [0.4, 0.5) is 0 Å². The molecule has 134 valence electrons. The van der Waals surface area contributed by atoms with Crippen molar-refractivity contribution in [3.8, 4) is 0 Å². The van der Waals surface area contributed by atoms with Crippen LogP contribution in [-0.4, -0.2) is 36.6 Å². The fourth-order valence-corrected chi connectivity index (χ4v) is 3.15. The van der Waals surface area contributed by atoms with E-state index in [1.807, 2.05) is 26.8 Å². The van der Waals surface area contributed by atoms with E-state index in [2.05, 4.69) is 4.57 Å². The summed E-state index contributed by atoms with van der Waals surface area (Å²) in [7, 11) is 1.64. The number of carbonyl (C=O) groups is 2. The second-order valence-corrected chi connectivity index (χ2v) is 6.41. The molecule has 1 aromatic heterocycles. The van der Waals surface area contributed by atoms with Crippen molar-refractivity contribution in [3.05, 3.63) is 57.9 Å². The van der Waals surface area contributed by atoms with Gasteiger partial charge in [0.15, 0.2) is 6.61 Å². The minimum atomic E-state index is -0.572. The Morgan fingerprint density at radius 1 is 1.24 bits per heavy atom. The van der Waals surface area contributed by atoms with Crippen LogP contribution in [0, 0.1) is 13.8 Å². The summed E-state index contributed by atoms with van der Waals surface area (Å²) in [5, 5.41) is 0.441. The van der Waals surface area contributed by atoms with Crippen LogP contribution in [-0.2, 0) is 9.47 Å². The zero-order chi connectivity index (χ0) is 18.6. The van der Waals surface area contributed by atoms with Crippen LogP contribution in [0.1, 0.15) is 45.1 Å². The van der Waals surface area contributed by atoms with Crippen LogP contribution in [0.25, 0.3) is 0 Å². The second-order valence-electron chi connectivity index (χ2n) is 5.97. The molecule has 0 N–H and O–H groups in total. The van der Waals surface area contributed by atoms with E-state index in [-0.39, 0.29) is 18.4 Å². The van der Waals surface area contributed by atoms with Crippen LogP contribution in [0.15, 0.2) is 30.3 Å². The molecular weight excluding hydrogens is 342 g/mol. The summed E-state index contributed by atoms with van der Waals surface area (Å²) in [5.41, 5.74) is 2.68. The van der Waals surface area contributed by atoms with Crippen molar-refractivity contribution in [1.29, 1.82) is 0 Å². The predicted molar refractivity (Wildman–Crippen MR) is 96.6 cm³/mol. The first kappa shape index (κ1) is 19.2. The lowest BCUT2D eigenvalue weighted by molar-refractivity contribution is 0.0474.